The van der Waals surface area contributed by atoms with E-state index < -0.39 is 11.9 Å². The highest BCUT2D eigenvalue weighted by atomic mass is 35.5. The van der Waals surface area contributed by atoms with Gasteiger partial charge in [-0.15, -0.1) is 11.3 Å². The molecule has 2 aromatic heterocycles. The number of rotatable bonds is 4. The molecule has 0 radical (unpaired) electrons. The number of nitrogens with zero attached hydrogens (tertiary/aromatic N) is 1. The maximum absolute atomic E-state index is 13.3. The van der Waals surface area contributed by atoms with E-state index >= 15 is 0 Å². The fourth-order valence-electron chi connectivity index (χ4n) is 3.73. The first-order valence-corrected chi connectivity index (χ1v) is 10.8. The van der Waals surface area contributed by atoms with Crippen molar-refractivity contribution in [3.8, 4) is 0 Å². The molecule has 30 heavy (non-hydrogen) atoms. The van der Waals surface area contributed by atoms with Crippen molar-refractivity contribution in [2.75, 3.05) is 5.32 Å². The smallest absolute Gasteiger partial charge is 0.382 e. The first-order chi connectivity index (χ1) is 14.3. The van der Waals surface area contributed by atoms with E-state index in [2.05, 4.69) is 15.6 Å². The topological polar surface area (TPSA) is 54.0 Å². The van der Waals surface area contributed by atoms with Gasteiger partial charge in [-0.3, -0.25) is 4.79 Å². The quantitative estimate of drug-likeness (QED) is 0.500. The van der Waals surface area contributed by atoms with Crippen LogP contribution in [-0.2, 0) is 6.18 Å². The van der Waals surface area contributed by atoms with Gasteiger partial charge in [-0.2, -0.15) is 13.2 Å². The Kier molecular flexibility index (Phi) is 5.88. The summed E-state index contributed by atoms with van der Waals surface area (Å²) in [5.41, 5.74) is -0.154. The molecule has 0 spiro atoms. The maximum Gasteiger partial charge on any atom is 0.433 e. The van der Waals surface area contributed by atoms with Gasteiger partial charge in [0.05, 0.1) is 15.4 Å². The summed E-state index contributed by atoms with van der Waals surface area (Å²) < 4.78 is 39.8. The summed E-state index contributed by atoms with van der Waals surface area (Å²) in [6, 6.07) is 9.59. The Labute approximate surface area is 180 Å². The SMILES string of the molecule is O=C(N[C@H]1CC[C@@H](Nc2cc(C(F)(F)F)nc3ccccc23)CC1)c1cc(Cl)cs1. The lowest BCUT2D eigenvalue weighted by Gasteiger charge is -2.30. The molecular weight excluding hydrogens is 435 g/mol. The number of aromatic nitrogens is 1. The average Bonchev–Trinajstić information content (AvgIpc) is 3.15. The molecule has 2 N–H and O–H groups in total. The van der Waals surface area contributed by atoms with Crippen molar-refractivity contribution < 1.29 is 18.0 Å². The van der Waals surface area contributed by atoms with Gasteiger partial charge in [0.2, 0.25) is 0 Å². The summed E-state index contributed by atoms with van der Waals surface area (Å²) in [7, 11) is 0. The van der Waals surface area contributed by atoms with Crippen LogP contribution in [0.5, 0.6) is 0 Å². The summed E-state index contributed by atoms with van der Waals surface area (Å²) in [4.78, 5) is 16.6. The number of carbonyl (C=O) groups is 1. The number of alkyl halides is 3. The normalized spacial score (nSPS) is 19.6. The number of para-hydroxylation sites is 1. The molecule has 2 heterocycles. The van der Waals surface area contributed by atoms with Crippen LogP contribution < -0.4 is 10.6 Å². The van der Waals surface area contributed by atoms with Crippen molar-refractivity contribution in [2.24, 2.45) is 0 Å². The average molecular weight is 454 g/mol. The molecule has 1 aromatic carbocycles. The van der Waals surface area contributed by atoms with Crippen LogP contribution in [0.15, 0.2) is 41.8 Å². The van der Waals surface area contributed by atoms with Gasteiger partial charge in [-0.1, -0.05) is 29.8 Å². The second-order valence-electron chi connectivity index (χ2n) is 7.37. The second kappa shape index (κ2) is 8.43. The van der Waals surface area contributed by atoms with Gasteiger partial charge in [0.25, 0.3) is 5.91 Å². The van der Waals surface area contributed by atoms with E-state index in [1.165, 1.54) is 11.3 Å². The Morgan fingerprint density at radius 3 is 2.47 bits per heavy atom. The Balaban J connectivity index is 1.42. The molecule has 1 saturated carbocycles. The van der Waals surface area contributed by atoms with Crippen LogP contribution in [0.3, 0.4) is 0 Å². The molecule has 3 aromatic rings. The molecule has 1 aliphatic rings. The maximum atomic E-state index is 13.3. The molecular formula is C21H19ClF3N3OS. The van der Waals surface area contributed by atoms with Crippen molar-refractivity contribution in [1.29, 1.82) is 0 Å². The zero-order chi connectivity index (χ0) is 21.3. The molecule has 1 fully saturated rings. The molecule has 4 nitrogen and oxygen atoms in total. The van der Waals surface area contributed by atoms with E-state index in [0.717, 1.165) is 31.7 Å². The summed E-state index contributed by atoms with van der Waals surface area (Å²) in [5.74, 6) is -0.141. The van der Waals surface area contributed by atoms with Crippen LogP contribution >= 0.6 is 22.9 Å². The third-order valence-electron chi connectivity index (χ3n) is 5.22. The zero-order valence-electron chi connectivity index (χ0n) is 15.8. The van der Waals surface area contributed by atoms with Crippen LogP contribution in [0.25, 0.3) is 10.9 Å². The summed E-state index contributed by atoms with van der Waals surface area (Å²) in [6.07, 6.45) is -1.52. The number of hydrogen-bond acceptors (Lipinski definition) is 4. The van der Waals surface area contributed by atoms with Crippen molar-refractivity contribution >= 4 is 45.4 Å². The van der Waals surface area contributed by atoms with Gasteiger partial charge in [0, 0.05) is 28.5 Å². The van der Waals surface area contributed by atoms with Crippen LogP contribution in [0.1, 0.15) is 41.0 Å². The van der Waals surface area contributed by atoms with E-state index in [1.54, 1.807) is 35.7 Å². The molecule has 0 atom stereocenters. The molecule has 0 saturated heterocycles. The minimum absolute atomic E-state index is 0.0289. The summed E-state index contributed by atoms with van der Waals surface area (Å²) in [5, 5.41) is 9.21. The predicted octanol–water partition coefficient (Wildman–Crippen LogP) is 6.12. The van der Waals surface area contributed by atoms with Gasteiger partial charge >= 0.3 is 6.18 Å². The van der Waals surface area contributed by atoms with Gasteiger partial charge in [0.15, 0.2) is 0 Å². The van der Waals surface area contributed by atoms with Gasteiger partial charge in [-0.05, 0) is 43.9 Å². The lowest BCUT2D eigenvalue weighted by atomic mass is 9.90. The first-order valence-electron chi connectivity index (χ1n) is 9.58. The van der Waals surface area contributed by atoms with E-state index in [9.17, 15) is 18.0 Å². The Bertz CT molecular complexity index is 1060. The van der Waals surface area contributed by atoms with Crippen LogP contribution in [0, 0.1) is 0 Å². The van der Waals surface area contributed by atoms with E-state index in [4.69, 9.17) is 11.6 Å². The lowest BCUT2D eigenvalue weighted by Crippen LogP contribution is -2.40. The number of pyridine rings is 1. The van der Waals surface area contributed by atoms with Crippen molar-refractivity contribution in [3.05, 3.63) is 57.4 Å². The molecule has 0 aliphatic heterocycles. The molecule has 4 rings (SSSR count). The van der Waals surface area contributed by atoms with Crippen molar-refractivity contribution in [1.82, 2.24) is 10.3 Å². The number of thiophene rings is 1. The molecule has 158 valence electrons. The van der Waals surface area contributed by atoms with E-state index in [-0.39, 0.29) is 18.0 Å². The van der Waals surface area contributed by atoms with Gasteiger partial charge in [0.1, 0.15) is 5.69 Å². The minimum atomic E-state index is -4.51. The number of amides is 1. The fraction of sp³-hybridized carbons (Fsp3) is 0.333. The van der Waals surface area contributed by atoms with E-state index in [1.807, 2.05) is 0 Å². The Morgan fingerprint density at radius 1 is 1.10 bits per heavy atom. The highest BCUT2D eigenvalue weighted by molar-refractivity contribution is 7.12. The largest absolute Gasteiger partial charge is 0.433 e. The molecule has 0 bridgehead atoms. The Hall–Kier alpha value is -2.32. The molecule has 9 heteroatoms. The highest BCUT2D eigenvalue weighted by Crippen LogP contribution is 2.34. The molecule has 1 amide bonds. The standard InChI is InChI=1S/C21H19ClF3N3OS/c22-12-9-18(30-11-12)20(29)27-14-7-5-13(6-8-14)26-17-10-19(21(23,24)25)28-16-4-2-1-3-15(16)17/h1-4,9-11,13-14H,5-8H2,(H,26,28)(H,27,29)/t13-,14+. The van der Waals surface area contributed by atoms with E-state index in [0.29, 0.717) is 26.5 Å². The third kappa shape index (κ3) is 4.70. The number of carbonyl (C=O) groups excluding carboxylic acids is 1. The van der Waals surface area contributed by atoms with Gasteiger partial charge in [-0.25, -0.2) is 4.98 Å². The molecule has 1 aliphatic carbocycles. The molecule has 0 unspecified atom stereocenters. The van der Waals surface area contributed by atoms with Crippen molar-refractivity contribution in [2.45, 2.75) is 43.9 Å². The van der Waals surface area contributed by atoms with Crippen LogP contribution in [0.4, 0.5) is 18.9 Å². The number of nitrogens with one attached hydrogen (secondary N) is 2. The van der Waals surface area contributed by atoms with Gasteiger partial charge < -0.3 is 10.6 Å². The minimum Gasteiger partial charge on any atom is -0.382 e. The Morgan fingerprint density at radius 2 is 1.80 bits per heavy atom. The number of benzene rings is 1. The van der Waals surface area contributed by atoms with Crippen molar-refractivity contribution in [3.63, 3.8) is 0 Å². The highest BCUT2D eigenvalue weighted by Gasteiger charge is 2.34. The fourth-order valence-corrected chi connectivity index (χ4v) is 4.71. The number of fused-ring (bicyclic) bond motifs is 1. The number of anilines is 1. The predicted molar refractivity (Wildman–Crippen MR) is 113 cm³/mol. The summed E-state index contributed by atoms with van der Waals surface area (Å²) >= 11 is 7.17. The lowest BCUT2D eigenvalue weighted by molar-refractivity contribution is -0.140. The zero-order valence-corrected chi connectivity index (χ0v) is 17.4. The van der Waals surface area contributed by atoms with Crippen LogP contribution in [-0.4, -0.2) is 23.0 Å². The van der Waals surface area contributed by atoms with Crippen LogP contribution in [0.2, 0.25) is 5.02 Å². The third-order valence-corrected chi connectivity index (χ3v) is 6.50. The monoisotopic (exact) mass is 453 g/mol. The number of halogens is 4. The number of hydrogen-bond donors (Lipinski definition) is 2. The first kappa shape index (κ1) is 20.9. The second-order valence-corrected chi connectivity index (χ2v) is 8.71. The summed E-state index contributed by atoms with van der Waals surface area (Å²) in [6.45, 7) is 0.